The topological polar surface area (TPSA) is 50.1 Å². The zero-order chi connectivity index (χ0) is 6.91. The third-order valence-corrected chi connectivity index (χ3v) is 1.38. The summed E-state index contributed by atoms with van der Waals surface area (Å²) in [6.45, 7) is 0. The molecule has 0 spiro atoms. The van der Waals surface area contributed by atoms with Gasteiger partial charge in [0.15, 0.2) is 0 Å². The molecule has 0 amide bonds. The molecule has 0 heterocycles. The van der Waals surface area contributed by atoms with Gasteiger partial charge in [-0.1, -0.05) is 0 Å². The van der Waals surface area contributed by atoms with Crippen LogP contribution >= 0.6 is 0 Å². The normalized spacial score (nSPS) is 25.7. The van der Waals surface area contributed by atoms with Gasteiger partial charge in [0, 0.05) is 18.9 Å². The first kappa shape index (κ1) is 6.85. The molecule has 0 aromatic carbocycles. The van der Waals surface area contributed by atoms with Crippen molar-refractivity contribution in [2.75, 3.05) is 0 Å². The highest BCUT2D eigenvalue weighted by Gasteiger charge is 2.44. The monoisotopic (exact) mass is 137 g/mol. The maximum atomic E-state index is 12.0. The van der Waals surface area contributed by atoms with E-state index >= 15 is 0 Å². The average Bonchev–Trinajstić information content (AvgIpc) is 1.62. The molecule has 0 bridgehead atoms. The average molecular weight is 137 g/mol. The molecule has 1 rings (SSSR count). The number of nitrogens with one attached hydrogen (secondary N) is 2. The largest absolute Gasteiger partial charge is 0.258 e. The summed E-state index contributed by atoms with van der Waals surface area (Å²) in [5, 5.41) is 0. The maximum absolute atomic E-state index is 12.0. The van der Waals surface area contributed by atoms with Crippen LogP contribution in [0.4, 0.5) is 8.78 Å². The van der Waals surface area contributed by atoms with Crippen molar-refractivity contribution in [3.05, 3.63) is 0 Å². The summed E-state index contributed by atoms with van der Waals surface area (Å²) in [6, 6.07) is -0.162. The van der Waals surface area contributed by atoms with Gasteiger partial charge >= 0.3 is 0 Å². The van der Waals surface area contributed by atoms with Gasteiger partial charge in [-0.05, 0) is 0 Å². The van der Waals surface area contributed by atoms with Crippen LogP contribution < -0.4 is 16.8 Å². The first-order chi connectivity index (χ1) is 4.14. The molecule has 3 nitrogen and oxygen atoms in total. The molecule has 5 heteroatoms. The molecule has 0 radical (unpaired) electrons. The Hall–Kier alpha value is -0.260. The molecule has 9 heavy (non-hydrogen) atoms. The van der Waals surface area contributed by atoms with E-state index in [9.17, 15) is 8.78 Å². The third-order valence-electron chi connectivity index (χ3n) is 1.38. The summed E-state index contributed by atoms with van der Waals surface area (Å²) in [5.74, 6) is 2.36. The molecule has 0 aliphatic heterocycles. The summed E-state index contributed by atoms with van der Waals surface area (Å²) >= 11 is 0. The number of nitrogens with two attached hydrogens (primary N) is 1. The fourth-order valence-electron chi connectivity index (χ4n) is 0.881. The Morgan fingerprint density at radius 2 is 2.00 bits per heavy atom. The summed E-state index contributed by atoms with van der Waals surface area (Å²) in [5.41, 5.74) is 4.61. The zero-order valence-corrected chi connectivity index (χ0v) is 4.82. The van der Waals surface area contributed by atoms with Gasteiger partial charge in [-0.2, -0.15) is 5.53 Å². The van der Waals surface area contributed by atoms with Crippen LogP contribution in [-0.2, 0) is 0 Å². The Morgan fingerprint density at radius 1 is 1.44 bits per heavy atom. The highest BCUT2D eigenvalue weighted by Crippen LogP contribution is 2.36. The Balaban J connectivity index is 2.12. The van der Waals surface area contributed by atoms with E-state index in [0.29, 0.717) is 0 Å². The summed E-state index contributed by atoms with van der Waals surface area (Å²) < 4.78 is 24.0. The Kier molecular flexibility index (Phi) is 1.65. The van der Waals surface area contributed by atoms with Crippen LogP contribution in [0.1, 0.15) is 12.8 Å². The predicted octanol–water partition coefficient (Wildman–Crippen LogP) is -0.248. The Bertz CT molecular complexity index is 98.0. The molecule has 1 aliphatic carbocycles. The molecule has 54 valence electrons. The van der Waals surface area contributed by atoms with Crippen LogP contribution in [0.3, 0.4) is 0 Å². The van der Waals surface area contributed by atoms with Crippen molar-refractivity contribution in [1.29, 1.82) is 0 Å². The van der Waals surface area contributed by atoms with Gasteiger partial charge in [0.1, 0.15) is 0 Å². The number of halogens is 2. The van der Waals surface area contributed by atoms with E-state index in [2.05, 4.69) is 11.0 Å². The first-order valence-corrected chi connectivity index (χ1v) is 2.73. The van der Waals surface area contributed by atoms with Crippen molar-refractivity contribution < 1.29 is 8.78 Å². The number of hydrazine groups is 2. The molecule has 1 aliphatic rings. The van der Waals surface area contributed by atoms with E-state index in [1.54, 1.807) is 0 Å². The molecule has 0 atom stereocenters. The molecule has 1 fully saturated rings. The van der Waals surface area contributed by atoms with Crippen molar-refractivity contribution >= 4 is 0 Å². The maximum Gasteiger partial charge on any atom is 0.251 e. The zero-order valence-electron chi connectivity index (χ0n) is 4.82. The van der Waals surface area contributed by atoms with Gasteiger partial charge < -0.3 is 0 Å². The number of rotatable bonds is 2. The van der Waals surface area contributed by atoms with Crippen LogP contribution in [0, 0.1) is 0 Å². The fourth-order valence-corrected chi connectivity index (χ4v) is 0.881. The van der Waals surface area contributed by atoms with Crippen LogP contribution in [0.5, 0.6) is 0 Å². The second-order valence-corrected chi connectivity index (χ2v) is 2.25. The van der Waals surface area contributed by atoms with Gasteiger partial charge in [0.25, 0.3) is 5.92 Å². The number of hydrogen-bond donors (Lipinski definition) is 3. The molecule has 0 unspecified atom stereocenters. The highest BCUT2D eigenvalue weighted by atomic mass is 19.3. The standard InChI is InChI=1S/C4H9F2N3/c5-4(6)1-3(2-4)8-9-7/h3,8-9H,1-2,7H2. The second kappa shape index (κ2) is 2.17. The van der Waals surface area contributed by atoms with Gasteiger partial charge in [-0.3, -0.25) is 5.84 Å². The molecule has 0 aromatic rings. The van der Waals surface area contributed by atoms with Crippen LogP contribution in [0.2, 0.25) is 0 Å². The fraction of sp³-hybridized carbons (Fsp3) is 1.00. The smallest absolute Gasteiger partial charge is 0.251 e. The highest BCUT2D eigenvalue weighted by molar-refractivity contribution is 4.89. The van der Waals surface area contributed by atoms with Crippen molar-refractivity contribution in [3.8, 4) is 0 Å². The van der Waals surface area contributed by atoms with Crippen LogP contribution in [-0.4, -0.2) is 12.0 Å². The molecule has 0 saturated heterocycles. The Morgan fingerprint density at radius 3 is 2.33 bits per heavy atom. The van der Waals surface area contributed by atoms with E-state index in [4.69, 9.17) is 5.84 Å². The first-order valence-electron chi connectivity index (χ1n) is 2.73. The van der Waals surface area contributed by atoms with Gasteiger partial charge in [0.2, 0.25) is 0 Å². The second-order valence-electron chi connectivity index (χ2n) is 2.25. The van der Waals surface area contributed by atoms with Crippen LogP contribution in [0.25, 0.3) is 0 Å². The van der Waals surface area contributed by atoms with Crippen molar-refractivity contribution in [2.45, 2.75) is 24.8 Å². The van der Waals surface area contributed by atoms with Gasteiger partial charge in [-0.15, -0.1) is 0 Å². The minimum Gasteiger partial charge on any atom is -0.258 e. The van der Waals surface area contributed by atoms with E-state index in [1.807, 2.05) is 0 Å². The molecule has 4 N–H and O–H groups in total. The summed E-state index contributed by atoms with van der Waals surface area (Å²) in [7, 11) is 0. The van der Waals surface area contributed by atoms with Gasteiger partial charge in [0.05, 0.1) is 0 Å². The SMILES string of the molecule is NNNC1CC(F)(F)C1. The molecular weight excluding hydrogens is 128 g/mol. The third kappa shape index (κ3) is 1.57. The van der Waals surface area contributed by atoms with Crippen molar-refractivity contribution in [1.82, 2.24) is 11.0 Å². The van der Waals surface area contributed by atoms with E-state index in [0.717, 1.165) is 0 Å². The lowest BCUT2D eigenvalue weighted by Gasteiger charge is -2.34. The molecular formula is C4H9F2N3. The molecule has 0 aromatic heterocycles. The lowest BCUT2D eigenvalue weighted by molar-refractivity contribution is -0.0954. The lowest BCUT2D eigenvalue weighted by Crippen LogP contribution is -2.55. The van der Waals surface area contributed by atoms with Crippen molar-refractivity contribution in [3.63, 3.8) is 0 Å². The van der Waals surface area contributed by atoms with Crippen molar-refractivity contribution in [2.24, 2.45) is 5.84 Å². The lowest BCUT2D eigenvalue weighted by atomic mass is 9.89. The van der Waals surface area contributed by atoms with E-state index in [-0.39, 0.29) is 18.9 Å². The van der Waals surface area contributed by atoms with E-state index in [1.165, 1.54) is 0 Å². The number of hydrogen-bond acceptors (Lipinski definition) is 3. The summed E-state index contributed by atoms with van der Waals surface area (Å²) in [6.07, 6.45) is -0.228. The van der Waals surface area contributed by atoms with E-state index < -0.39 is 5.92 Å². The molecule has 1 saturated carbocycles. The van der Waals surface area contributed by atoms with Gasteiger partial charge in [-0.25, -0.2) is 14.2 Å². The minimum atomic E-state index is -2.46. The predicted molar refractivity (Wildman–Crippen MR) is 28.4 cm³/mol. The number of alkyl halides is 2. The quantitative estimate of drug-likeness (QED) is 0.363. The minimum absolute atomic E-state index is 0.114. The van der Waals surface area contributed by atoms with Crippen LogP contribution in [0.15, 0.2) is 0 Å². The Labute approximate surface area is 51.5 Å². The summed E-state index contributed by atoms with van der Waals surface area (Å²) in [4.78, 5) is 0.